The molecule has 0 fully saturated rings. The van der Waals surface area contributed by atoms with Crippen molar-refractivity contribution in [1.29, 1.82) is 0 Å². The molecule has 138 valence electrons. The van der Waals surface area contributed by atoms with Crippen LogP contribution in [0.2, 0.25) is 0 Å². The molecule has 0 aromatic carbocycles. The molecule has 0 bridgehead atoms. The molecule has 0 saturated carbocycles. The highest BCUT2D eigenvalue weighted by Crippen LogP contribution is 2.10. The number of unbranched alkanes of at least 4 members (excludes halogenated alkanes) is 3. The van der Waals surface area contributed by atoms with Crippen molar-refractivity contribution < 1.29 is 20.1 Å². The topological polar surface area (TPSA) is 77.8 Å². The quantitative estimate of drug-likeness (QED) is 0.306. The molecule has 0 saturated heterocycles. The fraction of sp³-hybridized carbons (Fsp3) is 0.650. The fourth-order valence-corrected chi connectivity index (χ4v) is 2.22. The number of carboxylic acid groups (broad SMARTS) is 1. The Hall–Kier alpha value is -1.39. The molecule has 0 aliphatic carbocycles. The number of allylic oxidation sites excluding steroid dienone is 5. The zero-order chi connectivity index (χ0) is 18.0. The van der Waals surface area contributed by atoms with Crippen molar-refractivity contribution in [2.45, 2.75) is 83.3 Å². The first kappa shape index (κ1) is 22.6. The van der Waals surface area contributed by atoms with Gasteiger partial charge in [-0.3, -0.25) is 4.79 Å². The molecule has 0 unspecified atom stereocenters. The van der Waals surface area contributed by atoms with Crippen LogP contribution < -0.4 is 0 Å². The van der Waals surface area contributed by atoms with E-state index < -0.39 is 18.2 Å². The molecule has 0 rings (SSSR count). The van der Waals surface area contributed by atoms with Crippen molar-refractivity contribution in [2.75, 3.05) is 0 Å². The van der Waals surface area contributed by atoms with Crippen LogP contribution in [0.4, 0.5) is 0 Å². The van der Waals surface area contributed by atoms with E-state index in [0.29, 0.717) is 19.3 Å². The van der Waals surface area contributed by atoms with Gasteiger partial charge in [0.15, 0.2) is 0 Å². The van der Waals surface area contributed by atoms with Gasteiger partial charge >= 0.3 is 5.97 Å². The molecule has 0 amide bonds. The van der Waals surface area contributed by atoms with Crippen LogP contribution in [-0.4, -0.2) is 33.5 Å². The standard InChI is InChI=1S/C20H34O4/c1-2-3-12-15-18(21)19(22)16-13-10-8-6-4-5-7-9-11-14-17-20(23)24/h4,6-7,9-10,13,18-19,21-22H,2-3,5,8,11-12,14-17H2,1H3,(H,23,24)/b6-4+,9-7-,13-10-/t18-,19-/m1/s1. The van der Waals surface area contributed by atoms with Crippen LogP contribution in [0.15, 0.2) is 36.5 Å². The van der Waals surface area contributed by atoms with Gasteiger partial charge < -0.3 is 15.3 Å². The lowest BCUT2D eigenvalue weighted by molar-refractivity contribution is -0.137. The summed E-state index contributed by atoms with van der Waals surface area (Å²) in [6.45, 7) is 2.12. The van der Waals surface area contributed by atoms with Crippen LogP contribution >= 0.6 is 0 Å². The summed E-state index contributed by atoms with van der Waals surface area (Å²) >= 11 is 0. The summed E-state index contributed by atoms with van der Waals surface area (Å²) in [5.74, 6) is -0.742. The van der Waals surface area contributed by atoms with Gasteiger partial charge in [-0.2, -0.15) is 0 Å². The highest BCUT2D eigenvalue weighted by molar-refractivity contribution is 5.66. The first-order chi connectivity index (χ1) is 11.6. The minimum absolute atomic E-state index is 0.226. The van der Waals surface area contributed by atoms with Gasteiger partial charge in [0.05, 0.1) is 12.2 Å². The molecule has 4 heteroatoms. The number of carboxylic acids is 1. The molecule has 0 aromatic rings. The highest BCUT2D eigenvalue weighted by atomic mass is 16.4. The summed E-state index contributed by atoms with van der Waals surface area (Å²) in [5.41, 5.74) is 0. The van der Waals surface area contributed by atoms with Crippen molar-refractivity contribution in [2.24, 2.45) is 0 Å². The first-order valence-electron chi connectivity index (χ1n) is 9.10. The third-order valence-corrected chi connectivity index (χ3v) is 3.73. The van der Waals surface area contributed by atoms with E-state index in [1.807, 2.05) is 24.3 Å². The molecule has 0 aliphatic rings. The summed E-state index contributed by atoms with van der Waals surface area (Å²) in [6.07, 6.45) is 18.5. The maximum atomic E-state index is 10.3. The minimum Gasteiger partial charge on any atom is -0.481 e. The Morgan fingerprint density at radius 2 is 1.50 bits per heavy atom. The summed E-state index contributed by atoms with van der Waals surface area (Å²) in [6, 6.07) is 0. The SMILES string of the molecule is CCCCC[C@@H](O)[C@H](O)C/C=C\C/C=C/C/C=C\CCCC(=O)O. The predicted molar refractivity (Wildman–Crippen MR) is 98.9 cm³/mol. The third kappa shape index (κ3) is 15.5. The van der Waals surface area contributed by atoms with Crippen molar-refractivity contribution in [3.8, 4) is 0 Å². The van der Waals surface area contributed by atoms with Crippen LogP contribution in [0, 0.1) is 0 Å². The maximum absolute atomic E-state index is 10.3. The van der Waals surface area contributed by atoms with Crippen LogP contribution in [0.5, 0.6) is 0 Å². The van der Waals surface area contributed by atoms with E-state index >= 15 is 0 Å². The average molecular weight is 338 g/mol. The van der Waals surface area contributed by atoms with E-state index in [1.165, 1.54) is 0 Å². The van der Waals surface area contributed by atoms with Gasteiger partial charge in [0, 0.05) is 6.42 Å². The second-order valence-corrected chi connectivity index (χ2v) is 6.04. The van der Waals surface area contributed by atoms with Gasteiger partial charge in [0.1, 0.15) is 0 Å². The number of aliphatic hydroxyl groups excluding tert-OH is 2. The van der Waals surface area contributed by atoms with Crippen LogP contribution in [0.1, 0.15) is 71.1 Å². The molecule has 0 aliphatic heterocycles. The van der Waals surface area contributed by atoms with Crippen molar-refractivity contribution in [3.63, 3.8) is 0 Å². The molecule has 4 nitrogen and oxygen atoms in total. The molecular formula is C20H34O4. The predicted octanol–water partition coefficient (Wildman–Crippen LogP) is 4.38. The van der Waals surface area contributed by atoms with Crippen molar-refractivity contribution in [3.05, 3.63) is 36.5 Å². The number of aliphatic hydroxyl groups is 2. The second kappa shape index (κ2) is 16.5. The van der Waals surface area contributed by atoms with Crippen LogP contribution in [-0.2, 0) is 4.79 Å². The van der Waals surface area contributed by atoms with Gasteiger partial charge in [0.2, 0.25) is 0 Å². The Morgan fingerprint density at radius 1 is 0.875 bits per heavy atom. The summed E-state index contributed by atoms with van der Waals surface area (Å²) in [5, 5.41) is 28.1. The first-order valence-corrected chi connectivity index (χ1v) is 9.10. The Balaban J connectivity index is 3.62. The Kier molecular flexibility index (Phi) is 15.5. The lowest BCUT2D eigenvalue weighted by Gasteiger charge is -2.15. The molecule has 2 atom stereocenters. The number of hydrogen-bond acceptors (Lipinski definition) is 3. The smallest absolute Gasteiger partial charge is 0.303 e. The second-order valence-electron chi connectivity index (χ2n) is 6.04. The van der Waals surface area contributed by atoms with Gasteiger partial charge in [-0.15, -0.1) is 0 Å². The Labute approximate surface area is 146 Å². The molecule has 0 radical (unpaired) electrons. The third-order valence-electron chi connectivity index (χ3n) is 3.73. The Morgan fingerprint density at radius 3 is 2.12 bits per heavy atom. The molecule has 0 heterocycles. The zero-order valence-corrected chi connectivity index (χ0v) is 14.9. The lowest BCUT2D eigenvalue weighted by atomic mass is 10.0. The number of aliphatic carboxylic acids is 1. The number of carbonyl (C=O) groups is 1. The highest BCUT2D eigenvalue weighted by Gasteiger charge is 2.13. The van der Waals surface area contributed by atoms with Crippen LogP contribution in [0.3, 0.4) is 0 Å². The van der Waals surface area contributed by atoms with E-state index in [0.717, 1.165) is 38.5 Å². The van der Waals surface area contributed by atoms with Gasteiger partial charge in [0.25, 0.3) is 0 Å². The van der Waals surface area contributed by atoms with Gasteiger partial charge in [-0.25, -0.2) is 0 Å². The zero-order valence-electron chi connectivity index (χ0n) is 14.9. The van der Waals surface area contributed by atoms with E-state index in [1.54, 1.807) is 0 Å². The summed E-state index contributed by atoms with van der Waals surface area (Å²) in [4.78, 5) is 10.3. The van der Waals surface area contributed by atoms with E-state index in [-0.39, 0.29) is 6.42 Å². The average Bonchev–Trinajstić information content (AvgIpc) is 2.55. The van der Waals surface area contributed by atoms with Gasteiger partial charge in [-0.1, -0.05) is 62.6 Å². The molecule has 0 aromatic heterocycles. The van der Waals surface area contributed by atoms with Crippen molar-refractivity contribution in [1.82, 2.24) is 0 Å². The van der Waals surface area contributed by atoms with E-state index in [9.17, 15) is 15.0 Å². The minimum atomic E-state index is -0.742. The molecule has 3 N–H and O–H groups in total. The maximum Gasteiger partial charge on any atom is 0.303 e. The summed E-state index contributed by atoms with van der Waals surface area (Å²) < 4.78 is 0. The molecule has 0 spiro atoms. The van der Waals surface area contributed by atoms with Gasteiger partial charge in [-0.05, 0) is 38.5 Å². The normalized spacial score (nSPS) is 14.8. The van der Waals surface area contributed by atoms with E-state index in [4.69, 9.17) is 5.11 Å². The van der Waals surface area contributed by atoms with E-state index in [2.05, 4.69) is 19.1 Å². The molecule has 24 heavy (non-hydrogen) atoms. The Bertz CT molecular complexity index is 385. The lowest BCUT2D eigenvalue weighted by Crippen LogP contribution is -2.25. The number of hydrogen-bond donors (Lipinski definition) is 3. The largest absolute Gasteiger partial charge is 0.481 e. The number of rotatable bonds is 15. The monoisotopic (exact) mass is 338 g/mol. The van der Waals surface area contributed by atoms with Crippen LogP contribution in [0.25, 0.3) is 0 Å². The summed E-state index contributed by atoms with van der Waals surface area (Å²) in [7, 11) is 0. The molecular weight excluding hydrogens is 304 g/mol. The van der Waals surface area contributed by atoms with Crippen molar-refractivity contribution >= 4 is 5.97 Å². The fourth-order valence-electron chi connectivity index (χ4n) is 2.22.